The van der Waals surface area contributed by atoms with Gasteiger partial charge in [-0.15, -0.1) is 0 Å². The first kappa shape index (κ1) is 25.0. The third-order valence-electron chi connectivity index (χ3n) is 5.91. The van der Waals surface area contributed by atoms with Crippen LogP contribution in [0.3, 0.4) is 0 Å². The lowest BCUT2D eigenvalue weighted by atomic mass is 10.1. The Bertz CT molecular complexity index is 1280. The van der Waals surface area contributed by atoms with Crippen LogP contribution < -0.4 is 14.8 Å². The molecular formula is C29H30N2O5. The van der Waals surface area contributed by atoms with Crippen LogP contribution in [0.2, 0.25) is 0 Å². The van der Waals surface area contributed by atoms with Crippen molar-refractivity contribution >= 4 is 5.91 Å². The molecule has 0 spiro atoms. The van der Waals surface area contributed by atoms with Crippen LogP contribution >= 0.6 is 0 Å². The molecule has 7 heteroatoms. The molecule has 0 unspecified atom stereocenters. The summed E-state index contributed by atoms with van der Waals surface area (Å²) in [6.45, 7) is 5.39. The van der Waals surface area contributed by atoms with E-state index >= 15 is 0 Å². The van der Waals surface area contributed by atoms with Gasteiger partial charge in [-0.3, -0.25) is 4.79 Å². The van der Waals surface area contributed by atoms with Crippen LogP contribution in [-0.4, -0.2) is 18.2 Å². The number of aryl methyl sites for hydroxylation is 2. The summed E-state index contributed by atoms with van der Waals surface area (Å²) in [5.74, 6) is 1.53. The van der Waals surface area contributed by atoms with Gasteiger partial charge in [0.15, 0.2) is 11.5 Å². The van der Waals surface area contributed by atoms with E-state index in [2.05, 4.69) is 10.5 Å². The van der Waals surface area contributed by atoms with Gasteiger partial charge in [0.05, 0.1) is 31.6 Å². The van der Waals surface area contributed by atoms with Crippen molar-refractivity contribution < 1.29 is 23.5 Å². The maximum Gasteiger partial charge on any atom is 0.251 e. The molecule has 4 rings (SSSR count). The van der Waals surface area contributed by atoms with Crippen molar-refractivity contribution in [1.82, 2.24) is 10.5 Å². The molecule has 7 nitrogen and oxygen atoms in total. The molecule has 1 N–H and O–H groups in total. The number of carbonyl (C=O) groups is 1. The first-order chi connectivity index (χ1) is 17.5. The van der Waals surface area contributed by atoms with Crippen molar-refractivity contribution in [2.24, 2.45) is 0 Å². The molecule has 1 aromatic heterocycles. The van der Waals surface area contributed by atoms with Gasteiger partial charge in [0, 0.05) is 12.1 Å². The topological polar surface area (TPSA) is 82.8 Å². The maximum absolute atomic E-state index is 12.9. The van der Waals surface area contributed by atoms with Crippen LogP contribution in [0.1, 0.15) is 44.1 Å². The van der Waals surface area contributed by atoms with E-state index in [9.17, 15) is 4.79 Å². The third-order valence-corrected chi connectivity index (χ3v) is 5.91. The Balaban J connectivity index is 1.35. The summed E-state index contributed by atoms with van der Waals surface area (Å²) in [4.78, 5) is 12.9. The zero-order valence-corrected chi connectivity index (χ0v) is 20.7. The first-order valence-corrected chi connectivity index (χ1v) is 11.7. The second-order valence-electron chi connectivity index (χ2n) is 8.39. The third kappa shape index (κ3) is 6.31. The second-order valence-corrected chi connectivity index (χ2v) is 8.39. The SMILES string of the molecule is COc1cc(C(=O)NCc2ccccc2COCc2ccccc2)ccc1OCc1c(C)noc1C. The highest BCUT2D eigenvalue weighted by Crippen LogP contribution is 2.29. The summed E-state index contributed by atoms with van der Waals surface area (Å²) < 4.78 is 22.5. The van der Waals surface area contributed by atoms with Crippen molar-refractivity contribution in [2.45, 2.75) is 40.2 Å². The summed E-state index contributed by atoms with van der Waals surface area (Å²) in [5, 5.41) is 6.94. The fourth-order valence-corrected chi connectivity index (χ4v) is 3.79. The average molecular weight is 487 g/mol. The highest BCUT2D eigenvalue weighted by molar-refractivity contribution is 5.94. The van der Waals surface area contributed by atoms with Crippen LogP contribution in [0.4, 0.5) is 0 Å². The van der Waals surface area contributed by atoms with Crippen molar-refractivity contribution in [1.29, 1.82) is 0 Å². The first-order valence-electron chi connectivity index (χ1n) is 11.7. The Kier molecular flexibility index (Phi) is 8.36. The fourth-order valence-electron chi connectivity index (χ4n) is 3.79. The zero-order chi connectivity index (χ0) is 25.3. The lowest BCUT2D eigenvalue weighted by molar-refractivity contribution is 0.0947. The molecule has 0 bridgehead atoms. The van der Waals surface area contributed by atoms with E-state index in [1.807, 2.05) is 68.4 Å². The molecule has 1 heterocycles. The van der Waals surface area contributed by atoms with E-state index in [4.69, 9.17) is 18.7 Å². The van der Waals surface area contributed by atoms with Crippen molar-refractivity contribution in [3.8, 4) is 11.5 Å². The molecule has 0 fully saturated rings. The second kappa shape index (κ2) is 12.0. The Morgan fingerprint density at radius 3 is 2.36 bits per heavy atom. The smallest absolute Gasteiger partial charge is 0.251 e. The van der Waals surface area contributed by atoms with Gasteiger partial charge in [0.1, 0.15) is 12.4 Å². The largest absolute Gasteiger partial charge is 0.493 e. The molecule has 3 aromatic carbocycles. The highest BCUT2D eigenvalue weighted by Gasteiger charge is 2.14. The average Bonchev–Trinajstić information content (AvgIpc) is 3.23. The molecule has 36 heavy (non-hydrogen) atoms. The van der Waals surface area contributed by atoms with E-state index in [1.54, 1.807) is 25.3 Å². The number of hydrogen-bond donors (Lipinski definition) is 1. The lowest BCUT2D eigenvalue weighted by Crippen LogP contribution is -2.23. The van der Waals surface area contributed by atoms with Gasteiger partial charge < -0.3 is 24.1 Å². The van der Waals surface area contributed by atoms with Crippen LogP contribution in [0, 0.1) is 13.8 Å². The number of ether oxygens (including phenoxy) is 3. The van der Waals surface area contributed by atoms with E-state index in [0.29, 0.717) is 49.2 Å². The number of rotatable bonds is 11. The Morgan fingerprint density at radius 2 is 1.64 bits per heavy atom. The Labute approximate surface area is 211 Å². The summed E-state index contributed by atoms with van der Waals surface area (Å²) in [6.07, 6.45) is 0. The Hall–Kier alpha value is -4.10. The normalized spacial score (nSPS) is 10.8. The number of nitrogens with zero attached hydrogens (tertiary/aromatic N) is 1. The minimum Gasteiger partial charge on any atom is -0.493 e. The minimum absolute atomic E-state index is 0.203. The monoisotopic (exact) mass is 486 g/mol. The van der Waals surface area contributed by atoms with Crippen LogP contribution in [0.25, 0.3) is 0 Å². The summed E-state index contributed by atoms with van der Waals surface area (Å²) in [7, 11) is 1.55. The number of carbonyl (C=O) groups excluding carboxylic acids is 1. The highest BCUT2D eigenvalue weighted by atomic mass is 16.5. The number of amides is 1. The lowest BCUT2D eigenvalue weighted by Gasteiger charge is -2.13. The standard InChI is InChI=1S/C29H30N2O5/c1-20-26(21(2)36-31-20)19-35-27-14-13-23(15-28(27)33-3)29(32)30-16-24-11-7-8-12-25(24)18-34-17-22-9-5-4-6-10-22/h4-15H,16-19H2,1-3H3,(H,30,32). The van der Waals surface area contributed by atoms with E-state index in [-0.39, 0.29) is 5.91 Å². The number of methoxy groups -OCH3 is 1. The molecule has 4 aromatic rings. The van der Waals surface area contributed by atoms with E-state index in [0.717, 1.165) is 27.9 Å². The predicted molar refractivity (Wildman–Crippen MR) is 136 cm³/mol. The van der Waals surface area contributed by atoms with Crippen LogP contribution in [-0.2, 0) is 31.1 Å². The molecule has 0 atom stereocenters. The molecule has 0 radical (unpaired) electrons. The molecule has 0 aliphatic carbocycles. The fraction of sp³-hybridized carbons (Fsp3) is 0.241. The van der Waals surface area contributed by atoms with Gasteiger partial charge in [0.2, 0.25) is 0 Å². The van der Waals surface area contributed by atoms with E-state index in [1.165, 1.54) is 0 Å². The van der Waals surface area contributed by atoms with Crippen molar-refractivity contribution in [2.75, 3.05) is 7.11 Å². The van der Waals surface area contributed by atoms with Crippen molar-refractivity contribution in [3.63, 3.8) is 0 Å². The quantitative estimate of drug-likeness (QED) is 0.300. The summed E-state index contributed by atoms with van der Waals surface area (Å²) in [5.41, 5.74) is 5.32. The van der Waals surface area contributed by atoms with Gasteiger partial charge in [-0.25, -0.2) is 0 Å². The number of hydrogen-bond acceptors (Lipinski definition) is 6. The molecule has 0 aliphatic rings. The number of aromatic nitrogens is 1. The van der Waals surface area contributed by atoms with Gasteiger partial charge in [-0.2, -0.15) is 0 Å². The molecule has 0 saturated carbocycles. The van der Waals surface area contributed by atoms with Gasteiger partial charge >= 0.3 is 0 Å². The molecule has 0 saturated heterocycles. The summed E-state index contributed by atoms with van der Waals surface area (Å²) in [6, 6.07) is 23.1. The maximum atomic E-state index is 12.9. The van der Waals surface area contributed by atoms with Gasteiger partial charge in [-0.05, 0) is 48.7 Å². The molecular weight excluding hydrogens is 456 g/mol. The van der Waals surface area contributed by atoms with Crippen molar-refractivity contribution in [3.05, 3.63) is 112 Å². The zero-order valence-electron chi connectivity index (χ0n) is 20.7. The summed E-state index contributed by atoms with van der Waals surface area (Å²) >= 11 is 0. The number of benzene rings is 3. The molecule has 186 valence electrons. The minimum atomic E-state index is -0.203. The molecule has 1 amide bonds. The predicted octanol–water partition coefficient (Wildman–Crippen LogP) is 5.53. The number of nitrogens with one attached hydrogen (secondary N) is 1. The van der Waals surface area contributed by atoms with Gasteiger partial charge in [0.25, 0.3) is 5.91 Å². The van der Waals surface area contributed by atoms with E-state index < -0.39 is 0 Å². The van der Waals surface area contributed by atoms with Crippen LogP contribution in [0.5, 0.6) is 11.5 Å². The molecule has 0 aliphatic heterocycles. The van der Waals surface area contributed by atoms with Gasteiger partial charge in [-0.1, -0.05) is 59.8 Å². The Morgan fingerprint density at radius 1 is 0.889 bits per heavy atom. The van der Waals surface area contributed by atoms with Crippen LogP contribution in [0.15, 0.2) is 77.3 Å².